The number of nitrogens with zero attached hydrogens (tertiary/aromatic N) is 3. The first-order chi connectivity index (χ1) is 9.05. The number of Topliss-reactive ketones (excluding diaryl/α,β-unsaturated/α-hetero) is 1. The van der Waals surface area contributed by atoms with Gasteiger partial charge in [0.25, 0.3) is 5.78 Å². The van der Waals surface area contributed by atoms with E-state index in [0.29, 0.717) is 6.42 Å². The van der Waals surface area contributed by atoms with E-state index in [9.17, 15) is 22.8 Å². The molecule has 0 aromatic carbocycles. The third-order valence-electron chi connectivity index (χ3n) is 2.70. The lowest BCUT2D eigenvalue weighted by atomic mass is 10.0. The van der Waals surface area contributed by atoms with Crippen molar-refractivity contribution in [3.8, 4) is 0 Å². The van der Waals surface area contributed by atoms with Crippen LogP contribution in [0.3, 0.4) is 0 Å². The Labute approximate surface area is 113 Å². The van der Waals surface area contributed by atoms with Gasteiger partial charge in [0.2, 0.25) is 5.91 Å². The molecule has 1 heterocycles. The molecule has 0 saturated carbocycles. The Hall–Kier alpha value is -1.93. The van der Waals surface area contributed by atoms with E-state index in [1.165, 1.54) is 0 Å². The fraction of sp³-hybridized carbons (Fsp3) is 0.636. The molecule has 0 bridgehead atoms. The van der Waals surface area contributed by atoms with Crippen LogP contribution in [0.1, 0.15) is 37.7 Å². The highest BCUT2D eigenvalue weighted by molar-refractivity contribution is 5.98. The maximum atomic E-state index is 12.2. The maximum absolute atomic E-state index is 12.2. The highest BCUT2D eigenvalue weighted by atomic mass is 19.4. The van der Waals surface area contributed by atoms with Gasteiger partial charge >= 0.3 is 6.18 Å². The van der Waals surface area contributed by atoms with Gasteiger partial charge in [0.1, 0.15) is 6.54 Å². The molecule has 20 heavy (non-hydrogen) atoms. The highest BCUT2D eigenvalue weighted by Gasteiger charge is 2.41. The molecule has 1 amide bonds. The number of halogens is 3. The molecule has 112 valence electrons. The van der Waals surface area contributed by atoms with E-state index in [4.69, 9.17) is 0 Å². The number of amides is 1. The summed E-state index contributed by atoms with van der Waals surface area (Å²) in [4.78, 5) is 22.6. The summed E-state index contributed by atoms with van der Waals surface area (Å²) in [7, 11) is 0. The molecule has 0 aliphatic heterocycles. The molecule has 0 spiro atoms. The molecule has 0 radical (unpaired) electrons. The van der Waals surface area contributed by atoms with E-state index >= 15 is 0 Å². The molecular weight excluding hydrogens is 277 g/mol. The van der Waals surface area contributed by atoms with Crippen LogP contribution in [-0.4, -0.2) is 38.4 Å². The van der Waals surface area contributed by atoms with Crippen LogP contribution in [-0.2, 0) is 11.3 Å². The minimum Gasteiger partial charge on any atom is -0.350 e. The highest BCUT2D eigenvalue weighted by Crippen LogP contribution is 2.19. The lowest BCUT2D eigenvalue weighted by Gasteiger charge is -2.24. The number of alkyl halides is 3. The fourth-order valence-corrected chi connectivity index (χ4v) is 1.28. The quantitative estimate of drug-likeness (QED) is 0.831. The number of rotatable bonds is 5. The van der Waals surface area contributed by atoms with Crippen LogP contribution >= 0.6 is 0 Å². The molecular formula is C11H15F3N4O2. The van der Waals surface area contributed by atoms with Gasteiger partial charge in [0.05, 0.1) is 6.20 Å². The second-order valence-electron chi connectivity index (χ2n) is 4.91. The first-order valence-electron chi connectivity index (χ1n) is 5.88. The standard InChI is InChI=1S/C11H15F3N4O2/c1-4-10(2,3)15-8(19)6-18-5-7(16-17-18)9(20)11(12,13)14/h5H,4,6H2,1-3H3,(H,15,19). The molecule has 1 rings (SSSR count). The van der Waals surface area contributed by atoms with Gasteiger partial charge in [-0.15, -0.1) is 5.10 Å². The van der Waals surface area contributed by atoms with Crippen molar-refractivity contribution in [1.29, 1.82) is 0 Å². The first-order valence-corrected chi connectivity index (χ1v) is 5.88. The number of carbonyl (C=O) groups excluding carboxylic acids is 2. The van der Waals surface area contributed by atoms with E-state index in [2.05, 4.69) is 15.6 Å². The van der Waals surface area contributed by atoms with E-state index in [1.807, 2.05) is 20.8 Å². The van der Waals surface area contributed by atoms with E-state index in [1.54, 1.807) is 0 Å². The van der Waals surface area contributed by atoms with Crippen LogP contribution in [0.4, 0.5) is 13.2 Å². The zero-order valence-electron chi connectivity index (χ0n) is 11.3. The van der Waals surface area contributed by atoms with Crippen molar-refractivity contribution in [2.45, 2.75) is 45.5 Å². The van der Waals surface area contributed by atoms with E-state index in [0.717, 1.165) is 10.9 Å². The van der Waals surface area contributed by atoms with Crippen LogP contribution in [0.5, 0.6) is 0 Å². The Bertz CT molecular complexity index is 508. The van der Waals surface area contributed by atoms with Crippen LogP contribution in [0.25, 0.3) is 0 Å². The summed E-state index contributed by atoms with van der Waals surface area (Å²) in [6.07, 6.45) is -3.52. The summed E-state index contributed by atoms with van der Waals surface area (Å²) in [6, 6.07) is 0. The smallest absolute Gasteiger partial charge is 0.350 e. The zero-order chi connectivity index (χ0) is 15.6. The molecule has 0 aliphatic carbocycles. The monoisotopic (exact) mass is 292 g/mol. The summed E-state index contributed by atoms with van der Waals surface area (Å²) >= 11 is 0. The van der Waals surface area contributed by atoms with Crippen LogP contribution in [0.15, 0.2) is 6.20 Å². The van der Waals surface area contributed by atoms with Crippen molar-refractivity contribution in [2.24, 2.45) is 0 Å². The largest absolute Gasteiger partial charge is 0.456 e. The van der Waals surface area contributed by atoms with Crippen LogP contribution in [0, 0.1) is 0 Å². The van der Waals surface area contributed by atoms with Crippen molar-refractivity contribution in [3.05, 3.63) is 11.9 Å². The number of hydrogen-bond acceptors (Lipinski definition) is 4. The molecule has 1 aromatic rings. The van der Waals surface area contributed by atoms with Gasteiger partial charge in [-0.2, -0.15) is 13.2 Å². The molecule has 6 nitrogen and oxygen atoms in total. The van der Waals surface area contributed by atoms with Crippen molar-refractivity contribution in [3.63, 3.8) is 0 Å². The summed E-state index contributed by atoms with van der Waals surface area (Å²) in [5.41, 5.74) is -1.26. The number of carbonyl (C=O) groups is 2. The molecule has 0 fully saturated rings. The molecule has 0 atom stereocenters. The zero-order valence-corrected chi connectivity index (χ0v) is 11.3. The lowest BCUT2D eigenvalue weighted by molar-refractivity contribution is -0.123. The summed E-state index contributed by atoms with van der Waals surface area (Å²) in [5.74, 6) is -2.51. The van der Waals surface area contributed by atoms with Crippen molar-refractivity contribution in [2.75, 3.05) is 0 Å². The topological polar surface area (TPSA) is 76.9 Å². The third-order valence-corrected chi connectivity index (χ3v) is 2.70. The lowest BCUT2D eigenvalue weighted by Crippen LogP contribution is -2.44. The predicted octanol–water partition coefficient (Wildman–Crippen LogP) is 1.33. The second kappa shape index (κ2) is 5.59. The summed E-state index contributed by atoms with van der Waals surface area (Å²) < 4.78 is 37.4. The van der Waals surface area contributed by atoms with Gasteiger partial charge in [-0.3, -0.25) is 9.59 Å². The molecule has 1 N–H and O–H groups in total. The van der Waals surface area contributed by atoms with Crippen LogP contribution < -0.4 is 5.32 Å². The summed E-state index contributed by atoms with van der Waals surface area (Å²) in [6.45, 7) is 5.20. The Morgan fingerprint density at radius 1 is 1.35 bits per heavy atom. The van der Waals surface area contributed by atoms with Crippen molar-refractivity contribution < 1.29 is 22.8 Å². The Kier molecular flexibility index (Phi) is 4.51. The Balaban J connectivity index is 2.70. The second-order valence-corrected chi connectivity index (χ2v) is 4.91. The minimum absolute atomic E-state index is 0.304. The van der Waals surface area contributed by atoms with Crippen molar-refractivity contribution in [1.82, 2.24) is 20.3 Å². The van der Waals surface area contributed by atoms with Gasteiger partial charge in [0, 0.05) is 5.54 Å². The number of aromatic nitrogens is 3. The SMILES string of the molecule is CCC(C)(C)NC(=O)Cn1cc(C(=O)C(F)(F)F)nn1. The Morgan fingerprint density at radius 3 is 2.45 bits per heavy atom. The predicted molar refractivity (Wildman–Crippen MR) is 62.9 cm³/mol. The minimum atomic E-state index is -5.01. The molecule has 1 aromatic heterocycles. The first kappa shape index (κ1) is 16.1. The van der Waals surface area contributed by atoms with Gasteiger partial charge in [0.15, 0.2) is 5.69 Å². The van der Waals surface area contributed by atoms with Crippen LogP contribution in [0.2, 0.25) is 0 Å². The Morgan fingerprint density at radius 2 is 1.95 bits per heavy atom. The molecule has 9 heteroatoms. The fourth-order valence-electron chi connectivity index (χ4n) is 1.28. The molecule has 0 unspecified atom stereocenters. The van der Waals surface area contributed by atoms with Gasteiger partial charge < -0.3 is 5.32 Å². The average Bonchev–Trinajstić information content (AvgIpc) is 2.74. The average molecular weight is 292 g/mol. The number of ketones is 1. The normalized spacial score (nSPS) is 12.3. The molecule has 0 aliphatic rings. The number of nitrogens with one attached hydrogen (secondary N) is 1. The van der Waals surface area contributed by atoms with Crippen molar-refractivity contribution >= 4 is 11.7 Å². The summed E-state index contributed by atoms with van der Waals surface area (Å²) in [5, 5.41) is 9.14. The van der Waals surface area contributed by atoms with Gasteiger partial charge in [-0.25, -0.2) is 4.68 Å². The van der Waals surface area contributed by atoms with E-state index in [-0.39, 0.29) is 6.54 Å². The third kappa shape index (κ3) is 4.32. The van der Waals surface area contributed by atoms with Gasteiger partial charge in [-0.1, -0.05) is 12.1 Å². The maximum Gasteiger partial charge on any atom is 0.456 e. The van der Waals surface area contributed by atoms with E-state index < -0.39 is 29.1 Å². The molecule has 0 saturated heterocycles. The number of hydrogen-bond donors (Lipinski definition) is 1. The van der Waals surface area contributed by atoms with Gasteiger partial charge in [-0.05, 0) is 20.3 Å².